The maximum atomic E-state index is 12.6. The van der Waals surface area contributed by atoms with Gasteiger partial charge in [-0.2, -0.15) is 0 Å². The molecule has 2 aliphatic carbocycles. The van der Waals surface area contributed by atoms with Gasteiger partial charge in [0, 0.05) is 24.2 Å². The highest BCUT2D eigenvalue weighted by Gasteiger charge is 2.49. The van der Waals surface area contributed by atoms with E-state index in [1.54, 1.807) is 0 Å². The van der Waals surface area contributed by atoms with Crippen molar-refractivity contribution in [3.63, 3.8) is 0 Å². The predicted octanol–water partition coefficient (Wildman–Crippen LogP) is 4.09. The second-order valence-corrected chi connectivity index (χ2v) is 9.15. The highest BCUT2D eigenvalue weighted by Crippen LogP contribution is 2.45. The van der Waals surface area contributed by atoms with E-state index in [0.29, 0.717) is 12.1 Å². The van der Waals surface area contributed by atoms with Gasteiger partial charge in [-0.25, -0.2) is 4.79 Å². The molecular weight excluding hydrogens is 288 g/mol. The lowest BCUT2D eigenvalue weighted by molar-refractivity contribution is -0.0500. The summed E-state index contributed by atoms with van der Waals surface area (Å²) >= 11 is 0. The number of piperidine rings is 1. The lowest BCUT2D eigenvalue weighted by atomic mass is 9.69. The lowest BCUT2D eigenvalue weighted by Crippen LogP contribution is -2.64. The van der Waals surface area contributed by atoms with Crippen LogP contribution in [0.25, 0.3) is 0 Å². The van der Waals surface area contributed by atoms with Crippen LogP contribution < -0.4 is 5.32 Å². The summed E-state index contributed by atoms with van der Waals surface area (Å²) in [4.78, 5) is 14.6. The molecule has 0 aromatic carbocycles. The summed E-state index contributed by atoms with van der Waals surface area (Å²) < 4.78 is 5.65. The summed E-state index contributed by atoms with van der Waals surface area (Å²) in [5, 5.41) is 3.84. The van der Waals surface area contributed by atoms with Crippen LogP contribution in [0.3, 0.4) is 0 Å². The zero-order valence-corrected chi connectivity index (χ0v) is 15.4. The molecule has 1 amide bonds. The fourth-order valence-electron chi connectivity index (χ4n) is 4.32. The minimum Gasteiger partial charge on any atom is -0.444 e. The molecule has 3 aliphatic rings. The second kappa shape index (κ2) is 6.27. The largest absolute Gasteiger partial charge is 0.444 e. The summed E-state index contributed by atoms with van der Waals surface area (Å²) in [6.07, 6.45) is 9.73. The van der Waals surface area contributed by atoms with E-state index >= 15 is 0 Å². The quantitative estimate of drug-likeness (QED) is 0.847. The van der Waals surface area contributed by atoms with Crippen LogP contribution in [0.15, 0.2) is 0 Å². The first-order valence-electron chi connectivity index (χ1n) is 9.54. The van der Waals surface area contributed by atoms with Gasteiger partial charge in [0.2, 0.25) is 0 Å². The Morgan fingerprint density at radius 3 is 2.52 bits per heavy atom. The third-order valence-electron chi connectivity index (χ3n) is 5.70. The second-order valence-electron chi connectivity index (χ2n) is 9.15. The first-order chi connectivity index (χ1) is 10.8. The van der Waals surface area contributed by atoms with Crippen molar-refractivity contribution in [3.05, 3.63) is 0 Å². The van der Waals surface area contributed by atoms with Crippen molar-refractivity contribution >= 4 is 6.09 Å². The normalized spacial score (nSPS) is 28.3. The van der Waals surface area contributed by atoms with E-state index in [-0.39, 0.29) is 11.6 Å². The topological polar surface area (TPSA) is 41.6 Å². The van der Waals surface area contributed by atoms with Crippen molar-refractivity contribution in [2.75, 3.05) is 6.54 Å². The van der Waals surface area contributed by atoms with E-state index in [9.17, 15) is 4.79 Å². The minimum absolute atomic E-state index is 0.0670. The summed E-state index contributed by atoms with van der Waals surface area (Å²) in [5.41, 5.74) is -0.340. The summed E-state index contributed by atoms with van der Waals surface area (Å²) in [7, 11) is 0. The molecule has 132 valence electrons. The van der Waals surface area contributed by atoms with Crippen molar-refractivity contribution in [2.24, 2.45) is 5.92 Å². The van der Waals surface area contributed by atoms with E-state index in [0.717, 1.165) is 38.1 Å². The van der Waals surface area contributed by atoms with Crippen molar-refractivity contribution < 1.29 is 9.53 Å². The van der Waals surface area contributed by atoms with Crippen molar-refractivity contribution in [1.82, 2.24) is 10.2 Å². The van der Waals surface area contributed by atoms with E-state index in [1.165, 1.54) is 25.7 Å². The highest BCUT2D eigenvalue weighted by atomic mass is 16.6. The van der Waals surface area contributed by atoms with Gasteiger partial charge in [-0.1, -0.05) is 12.8 Å². The van der Waals surface area contributed by atoms with Crippen molar-refractivity contribution in [2.45, 2.75) is 102 Å². The average molecular weight is 322 g/mol. The number of likely N-dealkylation sites (tertiary alicyclic amines) is 1. The number of rotatable bonds is 4. The molecule has 1 saturated heterocycles. The number of hydrogen-bond acceptors (Lipinski definition) is 3. The smallest absolute Gasteiger partial charge is 0.410 e. The minimum atomic E-state index is -0.407. The van der Waals surface area contributed by atoms with E-state index in [4.69, 9.17) is 4.74 Å². The van der Waals surface area contributed by atoms with E-state index in [1.807, 2.05) is 25.7 Å². The molecule has 0 radical (unpaired) electrons. The van der Waals surface area contributed by atoms with Gasteiger partial charge >= 0.3 is 6.09 Å². The van der Waals surface area contributed by atoms with Gasteiger partial charge in [0.15, 0.2) is 0 Å². The Labute approximate surface area is 141 Å². The molecule has 23 heavy (non-hydrogen) atoms. The van der Waals surface area contributed by atoms with Gasteiger partial charge in [-0.15, -0.1) is 0 Å². The Morgan fingerprint density at radius 2 is 2.00 bits per heavy atom. The predicted molar refractivity (Wildman–Crippen MR) is 92.5 cm³/mol. The van der Waals surface area contributed by atoms with Crippen LogP contribution in [0.4, 0.5) is 4.79 Å². The molecule has 2 saturated carbocycles. The van der Waals surface area contributed by atoms with E-state index < -0.39 is 5.60 Å². The van der Waals surface area contributed by atoms with Crippen LogP contribution in [0.2, 0.25) is 0 Å². The zero-order valence-electron chi connectivity index (χ0n) is 15.4. The monoisotopic (exact) mass is 322 g/mol. The number of ether oxygens (including phenoxy) is 1. The molecule has 0 aromatic heterocycles. The molecule has 1 heterocycles. The van der Waals surface area contributed by atoms with Crippen LogP contribution in [-0.4, -0.2) is 40.8 Å². The van der Waals surface area contributed by atoms with Crippen LogP contribution in [0.1, 0.15) is 79.1 Å². The molecule has 2 atom stereocenters. The first kappa shape index (κ1) is 17.1. The molecule has 0 aromatic rings. The van der Waals surface area contributed by atoms with Gasteiger partial charge in [0.25, 0.3) is 0 Å². The van der Waals surface area contributed by atoms with Gasteiger partial charge in [-0.3, -0.25) is 0 Å². The molecule has 4 nitrogen and oxygen atoms in total. The van der Waals surface area contributed by atoms with Crippen LogP contribution in [0.5, 0.6) is 0 Å². The SMILES string of the molecule is CC(CC1CC1)NC1CCN(C(=O)OC(C)(C)C)C2(CCC2)C1. The molecule has 3 fully saturated rings. The zero-order chi connectivity index (χ0) is 16.7. The van der Waals surface area contributed by atoms with Crippen molar-refractivity contribution in [1.29, 1.82) is 0 Å². The molecule has 1 spiro atoms. The van der Waals surface area contributed by atoms with E-state index in [2.05, 4.69) is 12.2 Å². The number of carbonyl (C=O) groups excluding carboxylic acids is 1. The lowest BCUT2D eigenvalue weighted by Gasteiger charge is -2.55. The van der Waals surface area contributed by atoms with Gasteiger partial charge in [0.1, 0.15) is 5.60 Å². The number of hydrogen-bond donors (Lipinski definition) is 1. The fourth-order valence-corrected chi connectivity index (χ4v) is 4.32. The number of amides is 1. The Kier molecular flexibility index (Phi) is 4.65. The Bertz CT molecular complexity index is 435. The van der Waals surface area contributed by atoms with Crippen LogP contribution in [0, 0.1) is 5.92 Å². The summed E-state index contributed by atoms with van der Waals surface area (Å²) in [6, 6.07) is 1.17. The molecule has 2 unspecified atom stereocenters. The average Bonchev–Trinajstić information content (AvgIpc) is 3.18. The number of nitrogens with one attached hydrogen (secondary N) is 1. The van der Waals surface area contributed by atoms with Crippen molar-refractivity contribution in [3.8, 4) is 0 Å². The Hall–Kier alpha value is -0.770. The number of nitrogens with zero attached hydrogens (tertiary/aromatic N) is 1. The third-order valence-corrected chi connectivity index (χ3v) is 5.70. The van der Waals surface area contributed by atoms with Crippen LogP contribution in [-0.2, 0) is 4.74 Å². The third kappa shape index (κ3) is 4.20. The fraction of sp³-hybridized carbons (Fsp3) is 0.947. The highest BCUT2D eigenvalue weighted by molar-refractivity contribution is 5.69. The number of carbonyl (C=O) groups is 1. The standard InChI is InChI=1S/C19H34N2O2/c1-14(12-15-6-7-15)20-16-8-11-21(17(22)23-18(2,3)4)19(13-16)9-5-10-19/h14-16,20H,5-13H2,1-4H3. The molecule has 4 heteroatoms. The Morgan fingerprint density at radius 1 is 1.30 bits per heavy atom. The molecule has 1 N–H and O–H groups in total. The molecular formula is C19H34N2O2. The summed E-state index contributed by atoms with van der Waals surface area (Å²) in [5.74, 6) is 0.969. The summed E-state index contributed by atoms with van der Waals surface area (Å²) in [6.45, 7) is 9.01. The molecule has 0 bridgehead atoms. The Balaban J connectivity index is 1.57. The van der Waals surface area contributed by atoms with Crippen LogP contribution >= 0.6 is 0 Å². The maximum absolute atomic E-state index is 12.6. The van der Waals surface area contributed by atoms with Gasteiger partial charge < -0.3 is 15.0 Å². The maximum Gasteiger partial charge on any atom is 0.410 e. The molecule has 1 aliphatic heterocycles. The molecule has 3 rings (SSSR count). The van der Waals surface area contributed by atoms with Gasteiger partial charge in [0.05, 0.1) is 0 Å². The van der Waals surface area contributed by atoms with Gasteiger partial charge in [-0.05, 0) is 72.1 Å². The first-order valence-corrected chi connectivity index (χ1v) is 9.54.